The Kier molecular flexibility index (Phi) is 5.26. The summed E-state index contributed by atoms with van der Waals surface area (Å²) >= 11 is 0. The quantitative estimate of drug-likeness (QED) is 0.807. The molecule has 5 nitrogen and oxygen atoms in total. The first-order valence-corrected chi connectivity index (χ1v) is 8.55. The van der Waals surface area contributed by atoms with Crippen LogP contribution < -0.4 is 0 Å². The molecule has 2 atom stereocenters. The topological polar surface area (TPSA) is 60.9 Å². The number of aliphatic hydroxyl groups is 1. The number of rotatable bonds is 6. The van der Waals surface area contributed by atoms with Gasteiger partial charge in [0.25, 0.3) is 0 Å². The molecular weight excluding hydrogens is 311 g/mol. The van der Waals surface area contributed by atoms with Crippen molar-refractivity contribution in [2.75, 3.05) is 19.6 Å². The van der Waals surface area contributed by atoms with Crippen molar-refractivity contribution in [2.45, 2.75) is 44.2 Å². The average Bonchev–Trinajstić information content (AvgIpc) is 3.13. The van der Waals surface area contributed by atoms with Crippen molar-refractivity contribution in [1.29, 1.82) is 0 Å². The lowest BCUT2D eigenvalue weighted by Gasteiger charge is -2.28. The van der Waals surface area contributed by atoms with Gasteiger partial charge >= 0.3 is 0 Å². The first-order chi connectivity index (χ1) is 11.5. The summed E-state index contributed by atoms with van der Waals surface area (Å²) in [5, 5.41) is 10.4. The second-order valence-electron chi connectivity index (χ2n) is 6.57. The van der Waals surface area contributed by atoms with Crippen LogP contribution in [0.2, 0.25) is 0 Å². The Morgan fingerprint density at radius 1 is 1.12 bits per heavy atom. The predicted octanol–water partition coefficient (Wildman–Crippen LogP) is 1.86. The zero-order chi connectivity index (χ0) is 17.1. The van der Waals surface area contributed by atoms with Crippen LogP contribution >= 0.6 is 0 Å². The van der Waals surface area contributed by atoms with Crippen molar-refractivity contribution in [3.63, 3.8) is 0 Å². The summed E-state index contributed by atoms with van der Waals surface area (Å²) < 4.78 is 13.0. The van der Waals surface area contributed by atoms with Gasteiger partial charge in [0.05, 0.1) is 6.10 Å². The van der Waals surface area contributed by atoms with Crippen molar-refractivity contribution < 1.29 is 19.1 Å². The highest BCUT2D eigenvalue weighted by Gasteiger charge is 2.31. The third-order valence-electron chi connectivity index (χ3n) is 5.01. The van der Waals surface area contributed by atoms with Crippen molar-refractivity contribution in [3.05, 3.63) is 35.6 Å². The molecule has 0 aliphatic carbocycles. The summed E-state index contributed by atoms with van der Waals surface area (Å²) in [7, 11) is 0. The van der Waals surface area contributed by atoms with Crippen LogP contribution in [0.1, 0.15) is 43.8 Å². The van der Waals surface area contributed by atoms with Crippen LogP contribution in [0.15, 0.2) is 24.3 Å². The Morgan fingerprint density at radius 2 is 1.79 bits per heavy atom. The molecule has 2 unspecified atom stereocenters. The fraction of sp³-hybridized carbons (Fsp3) is 0.556. The molecule has 1 N–H and O–H groups in total. The molecule has 24 heavy (non-hydrogen) atoms. The zero-order valence-electron chi connectivity index (χ0n) is 13.7. The number of aliphatic hydroxyl groups excluding tert-OH is 1. The Morgan fingerprint density at radius 3 is 2.46 bits per heavy atom. The Bertz CT molecular complexity index is 589. The first kappa shape index (κ1) is 17.0. The standard InChI is InChI=1S/C18H23FN2O3/c19-14-5-3-13(4-6-14)16(22)12-15-2-1-9-20(15)10-11-21-17(23)7-8-18(21)24/h3-6,15-16,22H,1-2,7-12H2. The summed E-state index contributed by atoms with van der Waals surface area (Å²) in [5.74, 6) is -0.474. The van der Waals surface area contributed by atoms with E-state index in [4.69, 9.17) is 0 Å². The third-order valence-corrected chi connectivity index (χ3v) is 5.01. The van der Waals surface area contributed by atoms with Gasteiger partial charge in [-0.2, -0.15) is 0 Å². The van der Waals surface area contributed by atoms with Gasteiger partial charge in [-0.05, 0) is 43.5 Å². The first-order valence-electron chi connectivity index (χ1n) is 8.55. The summed E-state index contributed by atoms with van der Waals surface area (Å²) in [4.78, 5) is 26.9. The van der Waals surface area contributed by atoms with Crippen molar-refractivity contribution in [2.24, 2.45) is 0 Å². The maximum Gasteiger partial charge on any atom is 0.229 e. The largest absolute Gasteiger partial charge is 0.388 e. The number of likely N-dealkylation sites (tertiary alicyclic amines) is 2. The van der Waals surface area contributed by atoms with E-state index < -0.39 is 6.10 Å². The number of carbonyl (C=O) groups excluding carboxylic acids is 2. The van der Waals surface area contributed by atoms with Gasteiger partial charge in [-0.25, -0.2) is 4.39 Å². The van der Waals surface area contributed by atoms with E-state index in [1.807, 2.05) is 0 Å². The van der Waals surface area contributed by atoms with Gasteiger partial charge < -0.3 is 5.11 Å². The minimum Gasteiger partial charge on any atom is -0.388 e. The molecule has 2 heterocycles. The van der Waals surface area contributed by atoms with E-state index in [2.05, 4.69) is 4.90 Å². The molecule has 0 bridgehead atoms. The van der Waals surface area contributed by atoms with Crippen LogP contribution in [0, 0.1) is 5.82 Å². The van der Waals surface area contributed by atoms with Gasteiger partial charge in [0, 0.05) is 32.0 Å². The van der Waals surface area contributed by atoms with Crippen LogP contribution in [0.4, 0.5) is 4.39 Å². The number of halogens is 1. The molecule has 3 rings (SSSR count). The van der Waals surface area contributed by atoms with Crippen molar-refractivity contribution in [3.8, 4) is 0 Å². The molecule has 2 aliphatic heterocycles. The molecule has 0 aromatic heterocycles. The van der Waals surface area contributed by atoms with Gasteiger partial charge in [-0.15, -0.1) is 0 Å². The van der Waals surface area contributed by atoms with E-state index in [9.17, 15) is 19.1 Å². The van der Waals surface area contributed by atoms with E-state index in [1.165, 1.54) is 17.0 Å². The highest BCUT2D eigenvalue weighted by atomic mass is 19.1. The van der Waals surface area contributed by atoms with E-state index >= 15 is 0 Å². The number of hydrogen-bond acceptors (Lipinski definition) is 4. The molecule has 2 fully saturated rings. The number of nitrogens with zero attached hydrogens (tertiary/aromatic N) is 2. The van der Waals surface area contributed by atoms with Gasteiger partial charge in [-0.3, -0.25) is 19.4 Å². The fourth-order valence-corrected chi connectivity index (χ4v) is 3.64. The highest BCUT2D eigenvalue weighted by molar-refractivity contribution is 6.01. The normalized spacial score (nSPS) is 23.2. The minimum atomic E-state index is -0.633. The second-order valence-corrected chi connectivity index (χ2v) is 6.57. The Hall–Kier alpha value is -1.79. The smallest absolute Gasteiger partial charge is 0.229 e. The summed E-state index contributed by atoms with van der Waals surface area (Å²) in [6, 6.07) is 6.16. The van der Waals surface area contributed by atoms with Crippen LogP contribution in [-0.4, -0.2) is 52.4 Å². The number of benzene rings is 1. The van der Waals surface area contributed by atoms with E-state index in [1.54, 1.807) is 12.1 Å². The molecule has 0 spiro atoms. The maximum atomic E-state index is 13.0. The Labute approximate surface area is 141 Å². The SMILES string of the molecule is O=C1CCC(=O)N1CCN1CCCC1CC(O)c1ccc(F)cc1. The van der Waals surface area contributed by atoms with Gasteiger partial charge in [0.15, 0.2) is 0 Å². The second kappa shape index (κ2) is 7.40. The van der Waals surface area contributed by atoms with E-state index in [0.29, 0.717) is 37.9 Å². The van der Waals surface area contributed by atoms with Gasteiger partial charge in [0.1, 0.15) is 5.82 Å². The van der Waals surface area contributed by atoms with Crippen molar-refractivity contribution >= 4 is 11.8 Å². The molecule has 2 saturated heterocycles. The maximum absolute atomic E-state index is 13.0. The molecule has 1 aromatic carbocycles. The van der Waals surface area contributed by atoms with Crippen LogP contribution in [0.5, 0.6) is 0 Å². The van der Waals surface area contributed by atoms with Gasteiger partial charge in [0.2, 0.25) is 11.8 Å². The van der Waals surface area contributed by atoms with Crippen LogP contribution in [0.25, 0.3) is 0 Å². The zero-order valence-corrected chi connectivity index (χ0v) is 13.7. The monoisotopic (exact) mass is 334 g/mol. The lowest BCUT2D eigenvalue weighted by Crippen LogP contribution is -2.40. The molecule has 130 valence electrons. The number of carbonyl (C=O) groups is 2. The predicted molar refractivity (Wildman–Crippen MR) is 86.5 cm³/mol. The van der Waals surface area contributed by atoms with Crippen LogP contribution in [-0.2, 0) is 9.59 Å². The molecule has 6 heteroatoms. The number of hydrogen-bond donors (Lipinski definition) is 1. The lowest BCUT2D eigenvalue weighted by molar-refractivity contribution is -0.138. The van der Waals surface area contributed by atoms with Crippen molar-refractivity contribution in [1.82, 2.24) is 9.80 Å². The number of imide groups is 1. The lowest BCUT2D eigenvalue weighted by atomic mass is 10.0. The third kappa shape index (κ3) is 3.82. The molecule has 1 aromatic rings. The summed E-state index contributed by atoms with van der Waals surface area (Å²) in [6.07, 6.45) is 2.62. The van der Waals surface area contributed by atoms with Crippen LogP contribution in [0.3, 0.4) is 0 Å². The number of amides is 2. The Balaban J connectivity index is 1.54. The van der Waals surface area contributed by atoms with Gasteiger partial charge in [-0.1, -0.05) is 12.1 Å². The summed E-state index contributed by atoms with van der Waals surface area (Å²) in [5.41, 5.74) is 0.716. The minimum absolute atomic E-state index is 0.0814. The molecule has 0 saturated carbocycles. The molecule has 2 aliphatic rings. The fourth-order valence-electron chi connectivity index (χ4n) is 3.64. The highest BCUT2D eigenvalue weighted by Crippen LogP contribution is 2.27. The van der Waals surface area contributed by atoms with E-state index in [-0.39, 0.29) is 23.7 Å². The molecule has 2 amide bonds. The summed E-state index contributed by atoms with van der Waals surface area (Å²) in [6.45, 7) is 2.00. The average molecular weight is 334 g/mol. The molecule has 0 radical (unpaired) electrons. The molecular formula is C18H23FN2O3. The van der Waals surface area contributed by atoms with E-state index in [0.717, 1.165) is 19.4 Å².